The molecule has 0 radical (unpaired) electrons. The number of pyridine rings is 1. The van der Waals surface area contributed by atoms with E-state index in [0.717, 1.165) is 48.0 Å². The summed E-state index contributed by atoms with van der Waals surface area (Å²) in [6.45, 7) is 10.2. The summed E-state index contributed by atoms with van der Waals surface area (Å²) in [5.41, 5.74) is 5.11. The van der Waals surface area contributed by atoms with E-state index in [4.69, 9.17) is 9.84 Å². The Morgan fingerprint density at radius 3 is 2.31 bits per heavy atom. The van der Waals surface area contributed by atoms with E-state index in [0.29, 0.717) is 18.6 Å². The summed E-state index contributed by atoms with van der Waals surface area (Å²) in [5.74, 6) is 1.42. The van der Waals surface area contributed by atoms with Gasteiger partial charge in [-0.3, -0.25) is 0 Å². The van der Waals surface area contributed by atoms with Crippen molar-refractivity contribution >= 4 is 17.3 Å². The van der Waals surface area contributed by atoms with Crippen LogP contribution >= 0.6 is 0 Å². The molecular formula is C28H36N6O. The molecule has 7 nitrogen and oxygen atoms in total. The Bertz CT molecular complexity index is 1210. The molecule has 0 aliphatic carbocycles. The molecule has 0 bridgehead atoms. The molecule has 0 aliphatic heterocycles. The predicted octanol–water partition coefficient (Wildman–Crippen LogP) is 5.48. The van der Waals surface area contributed by atoms with Crippen LogP contribution in [0.25, 0.3) is 16.9 Å². The third-order valence-electron chi connectivity index (χ3n) is 6.50. The largest absolute Gasteiger partial charge is 0.492 e. The van der Waals surface area contributed by atoms with Crippen molar-refractivity contribution in [1.29, 1.82) is 0 Å². The van der Waals surface area contributed by atoms with Crippen LogP contribution in [0, 0.1) is 0 Å². The Morgan fingerprint density at radius 1 is 0.943 bits per heavy atom. The summed E-state index contributed by atoms with van der Waals surface area (Å²) in [5, 5.41) is 8.05. The minimum atomic E-state index is 0.362. The molecule has 2 heterocycles. The molecule has 0 saturated heterocycles. The van der Waals surface area contributed by atoms with Gasteiger partial charge in [-0.2, -0.15) is 4.98 Å². The minimum absolute atomic E-state index is 0.362. The molecule has 1 atom stereocenters. The molecule has 0 saturated carbocycles. The van der Waals surface area contributed by atoms with Crippen LogP contribution in [0.1, 0.15) is 32.4 Å². The first-order chi connectivity index (χ1) is 17.0. The summed E-state index contributed by atoms with van der Waals surface area (Å²) in [4.78, 5) is 9.22. The number of likely N-dealkylation sites (N-methyl/N-ethyl adjacent to an activating group) is 1. The maximum absolute atomic E-state index is 5.89. The summed E-state index contributed by atoms with van der Waals surface area (Å²) < 4.78 is 7.77. The molecule has 2 aromatic carbocycles. The molecule has 0 spiro atoms. The van der Waals surface area contributed by atoms with Crippen LogP contribution in [-0.4, -0.2) is 64.7 Å². The molecule has 1 N–H and O–H groups in total. The number of hydrogen-bond acceptors (Lipinski definition) is 6. The molecule has 2 aromatic heterocycles. The van der Waals surface area contributed by atoms with E-state index in [9.17, 15) is 0 Å². The summed E-state index contributed by atoms with van der Waals surface area (Å²) >= 11 is 0. The van der Waals surface area contributed by atoms with Crippen LogP contribution in [0.4, 0.5) is 11.6 Å². The lowest BCUT2D eigenvalue weighted by Gasteiger charge is -2.20. The molecular weight excluding hydrogens is 436 g/mol. The second-order valence-electron chi connectivity index (χ2n) is 8.90. The normalized spacial score (nSPS) is 12.4. The first-order valence-electron chi connectivity index (χ1n) is 12.3. The number of fused-ring (bicyclic) bond motifs is 1. The maximum atomic E-state index is 5.89. The second kappa shape index (κ2) is 11.3. The van der Waals surface area contributed by atoms with Crippen molar-refractivity contribution in [1.82, 2.24) is 24.4 Å². The SMILES string of the molecule is CCN(CC)CCOc1ccc(Nc2nc3cccc(-c4ccc(C(C)N(C)C)cc4)n3n2)cc1. The van der Waals surface area contributed by atoms with E-state index in [1.165, 1.54) is 5.56 Å². The molecule has 184 valence electrons. The number of nitrogens with one attached hydrogen (secondary N) is 1. The van der Waals surface area contributed by atoms with Crippen LogP contribution in [0.2, 0.25) is 0 Å². The lowest BCUT2D eigenvalue weighted by atomic mass is 10.0. The first-order valence-corrected chi connectivity index (χ1v) is 12.3. The Kier molecular flexibility index (Phi) is 8.00. The second-order valence-corrected chi connectivity index (χ2v) is 8.90. The molecule has 0 fully saturated rings. The summed E-state index contributed by atoms with van der Waals surface area (Å²) in [6, 6.07) is 23.0. The highest BCUT2D eigenvalue weighted by atomic mass is 16.5. The van der Waals surface area contributed by atoms with Gasteiger partial charge in [0.1, 0.15) is 12.4 Å². The van der Waals surface area contributed by atoms with E-state index in [1.807, 2.05) is 40.9 Å². The minimum Gasteiger partial charge on any atom is -0.492 e. The van der Waals surface area contributed by atoms with Gasteiger partial charge in [0.15, 0.2) is 5.65 Å². The van der Waals surface area contributed by atoms with Crippen LogP contribution in [-0.2, 0) is 0 Å². The van der Waals surface area contributed by atoms with Gasteiger partial charge in [0.05, 0.1) is 5.69 Å². The van der Waals surface area contributed by atoms with Crippen molar-refractivity contribution in [3.8, 4) is 17.0 Å². The topological polar surface area (TPSA) is 57.9 Å². The van der Waals surface area contributed by atoms with Gasteiger partial charge >= 0.3 is 0 Å². The van der Waals surface area contributed by atoms with Gasteiger partial charge in [-0.25, -0.2) is 4.52 Å². The zero-order valence-corrected chi connectivity index (χ0v) is 21.4. The fraction of sp³-hybridized carbons (Fsp3) is 0.357. The van der Waals surface area contributed by atoms with Crippen LogP contribution < -0.4 is 10.1 Å². The molecule has 4 rings (SSSR count). The number of ether oxygens (including phenoxy) is 1. The van der Waals surface area contributed by atoms with Gasteiger partial charge in [0.2, 0.25) is 5.95 Å². The van der Waals surface area contributed by atoms with E-state index in [-0.39, 0.29) is 0 Å². The molecule has 35 heavy (non-hydrogen) atoms. The van der Waals surface area contributed by atoms with Crippen molar-refractivity contribution < 1.29 is 4.74 Å². The average Bonchev–Trinajstić information content (AvgIpc) is 3.30. The Balaban J connectivity index is 1.46. The van der Waals surface area contributed by atoms with Crippen molar-refractivity contribution in [3.63, 3.8) is 0 Å². The highest BCUT2D eigenvalue weighted by Crippen LogP contribution is 2.25. The Labute approximate surface area is 208 Å². The fourth-order valence-electron chi connectivity index (χ4n) is 4.00. The average molecular weight is 473 g/mol. The molecule has 7 heteroatoms. The number of benzene rings is 2. The van der Waals surface area contributed by atoms with Gasteiger partial charge in [-0.15, -0.1) is 5.10 Å². The number of nitrogens with zero attached hydrogens (tertiary/aromatic N) is 5. The fourth-order valence-corrected chi connectivity index (χ4v) is 4.00. The van der Waals surface area contributed by atoms with Crippen molar-refractivity contribution in [2.24, 2.45) is 0 Å². The lowest BCUT2D eigenvalue weighted by molar-refractivity contribution is 0.223. The number of aromatic nitrogens is 3. The molecule has 0 amide bonds. The zero-order chi connectivity index (χ0) is 24.8. The van der Waals surface area contributed by atoms with E-state index in [1.54, 1.807) is 0 Å². The van der Waals surface area contributed by atoms with Crippen LogP contribution in [0.15, 0.2) is 66.7 Å². The zero-order valence-electron chi connectivity index (χ0n) is 21.4. The highest BCUT2D eigenvalue weighted by molar-refractivity contribution is 5.65. The van der Waals surface area contributed by atoms with Gasteiger partial charge < -0.3 is 19.9 Å². The third kappa shape index (κ3) is 5.99. The summed E-state index contributed by atoms with van der Waals surface area (Å²) in [7, 11) is 4.19. The lowest BCUT2D eigenvalue weighted by Crippen LogP contribution is -2.27. The monoisotopic (exact) mass is 472 g/mol. The Morgan fingerprint density at radius 2 is 1.66 bits per heavy atom. The van der Waals surface area contributed by atoms with Gasteiger partial charge in [-0.05, 0) is 76.1 Å². The smallest absolute Gasteiger partial charge is 0.247 e. The third-order valence-corrected chi connectivity index (χ3v) is 6.50. The van der Waals surface area contributed by atoms with Crippen molar-refractivity contribution in [2.45, 2.75) is 26.8 Å². The van der Waals surface area contributed by atoms with E-state index in [2.05, 4.69) is 85.3 Å². The number of rotatable bonds is 11. The highest BCUT2D eigenvalue weighted by Gasteiger charge is 2.11. The molecule has 0 aliphatic rings. The van der Waals surface area contributed by atoms with Gasteiger partial charge in [0.25, 0.3) is 0 Å². The van der Waals surface area contributed by atoms with E-state index >= 15 is 0 Å². The predicted molar refractivity (Wildman–Crippen MR) is 144 cm³/mol. The van der Waals surface area contributed by atoms with Gasteiger partial charge in [0, 0.05) is 23.8 Å². The number of anilines is 2. The Hall–Kier alpha value is -3.42. The maximum Gasteiger partial charge on any atom is 0.247 e. The summed E-state index contributed by atoms with van der Waals surface area (Å²) in [6.07, 6.45) is 0. The van der Waals surface area contributed by atoms with Crippen LogP contribution in [0.5, 0.6) is 5.75 Å². The quantitative estimate of drug-likeness (QED) is 0.312. The van der Waals surface area contributed by atoms with Crippen molar-refractivity contribution in [2.75, 3.05) is 45.7 Å². The first kappa shape index (κ1) is 24.7. The van der Waals surface area contributed by atoms with Crippen LogP contribution in [0.3, 0.4) is 0 Å². The van der Waals surface area contributed by atoms with E-state index < -0.39 is 0 Å². The van der Waals surface area contributed by atoms with Gasteiger partial charge in [-0.1, -0.05) is 44.2 Å². The number of hydrogen-bond donors (Lipinski definition) is 1. The molecule has 4 aromatic rings. The molecule has 1 unspecified atom stereocenters. The van der Waals surface area contributed by atoms with Crippen molar-refractivity contribution in [3.05, 3.63) is 72.3 Å². The standard InChI is InChI=1S/C28H36N6O/c1-6-33(7-2)19-20-35-25-17-15-24(16-18-25)29-28-30-27-10-8-9-26(34(27)31-28)23-13-11-22(12-14-23)21(3)32(4)5/h8-18,21H,6-7,19-20H2,1-5H3,(H,29,31).